The first kappa shape index (κ1) is 13.2. The number of rotatable bonds is 1. The summed E-state index contributed by atoms with van der Waals surface area (Å²) in [6, 6.07) is 0.100. The van der Waals surface area contributed by atoms with E-state index in [1.54, 1.807) is 0 Å². The topological polar surface area (TPSA) is 49.9 Å². The van der Waals surface area contributed by atoms with Crippen molar-refractivity contribution >= 4 is 12.0 Å². The SMILES string of the molecule is COC(=O)C1CCCN(C(=O)N2CCCCC2)C1. The molecule has 0 bridgehead atoms. The lowest BCUT2D eigenvalue weighted by atomic mass is 9.98. The van der Waals surface area contributed by atoms with Gasteiger partial charge in [-0.15, -0.1) is 0 Å². The van der Waals surface area contributed by atoms with Crippen LogP contribution in [0.5, 0.6) is 0 Å². The molecular weight excluding hydrogens is 232 g/mol. The van der Waals surface area contributed by atoms with Gasteiger partial charge in [0.05, 0.1) is 13.0 Å². The van der Waals surface area contributed by atoms with Crippen LogP contribution in [0.1, 0.15) is 32.1 Å². The van der Waals surface area contributed by atoms with E-state index >= 15 is 0 Å². The molecule has 2 rings (SSSR count). The second-order valence-electron chi connectivity index (χ2n) is 5.14. The predicted octanol–water partition coefficient (Wildman–Crippen LogP) is 1.48. The number of methoxy groups -OCH3 is 1. The maximum absolute atomic E-state index is 12.3. The van der Waals surface area contributed by atoms with Crippen LogP contribution >= 0.6 is 0 Å². The Morgan fingerprint density at radius 3 is 2.33 bits per heavy atom. The molecule has 0 aromatic rings. The van der Waals surface area contributed by atoms with Crippen LogP contribution in [0.4, 0.5) is 4.79 Å². The van der Waals surface area contributed by atoms with Gasteiger partial charge < -0.3 is 14.5 Å². The van der Waals surface area contributed by atoms with E-state index in [1.807, 2.05) is 9.80 Å². The third kappa shape index (κ3) is 2.94. The van der Waals surface area contributed by atoms with Gasteiger partial charge in [-0.2, -0.15) is 0 Å². The van der Waals surface area contributed by atoms with Crippen LogP contribution in [0.2, 0.25) is 0 Å². The van der Waals surface area contributed by atoms with Crippen molar-refractivity contribution in [2.75, 3.05) is 33.3 Å². The zero-order valence-electron chi connectivity index (χ0n) is 11.1. The molecular formula is C13H22N2O3. The fraction of sp³-hybridized carbons (Fsp3) is 0.846. The van der Waals surface area contributed by atoms with E-state index in [0.29, 0.717) is 6.54 Å². The molecule has 2 saturated heterocycles. The summed E-state index contributed by atoms with van der Waals surface area (Å²) >= 11 is 0. The minimum absolute atomic E-state index is 0.100. The molecule has 0 N–H and O–H groups in total. The molecule has 0 saturated carbocycles. The van der Waals surface area contributed by atoms with Crippen molar-refractivity contribution in [3.63, 3.8) is 0 Å². The molecule has 1 atom stereocenters. The van der Waals surface area contributed by atoms with Gasteiger partial charge in [-0.1, -0.05) is 0 Å². The van der Waals surface area contributed by atoms with Crippen molar-refractivity contribution in [2.24, 2.45) is 5.92 Å². The third-order valence-electron chi connectivity index (χ3n) is 3.85. The number of hydrogen-bond acceptors (Lipinski definition) is 3. The van der Waals surface area contributed by atoms with Gasteiger partial charge in [-0.25, -0.2) is 4.79 Å². The first-order chi connectivity index (χ1) is 8.72. The molecule has 0 aromatic carbocycles. The normalized spacial score (nSPS) is 24.8. The average molecular weight is 254 g/mol. The second-order valence-corrected chi connectivity index (χ2v) is 5.14. The van der Waals surface area contributed by atoms with Crippen molar-refractivity contribution in [2.45, 2.75) is 32.1 Å². The summed E-state index contributed by atoms with van der Waals surface area (Å²) in [6.07, 6.45) is 5.13. The van der Waals surface area contributed by atoms with E-state index in [1.165, 1.54) is 13.5 Å². The number of urea groups is 1. The Kier molecular flexibility index (Phi) is 4.44. The molecule has 102 valence electrons. The van der Waals surface area contributed by atoms with E-state index in [4.69, 9.17) is 4.74 Å². The number of likely N-dealkylation sites (tertiary alicyclic amines) is 2. The lowest BCUT2D eigenvalue weighted by molar-refractivity contribution is -0.146. The first-order valence-electron chi connectivity index (χ1n) is 6.84. The van der Waals surface area contributed by atoms with Crippen molar-refractivity contribution in [1.82, 2.24) is 9.80 Å². The summed E-state index contributed by atoms with van der Waals surface area (Å²) in [5.41, 5.74) is 0. The number of ether oxygens (including phenoxy) is 1. The van der Waals surface area contributed by atoms with Crippen LogP contribution in [-0.4, -0.2) is 55.1 Å². The highest BCUT2D eigenvalue weighted by Crippen LogP contribution is 2.20. The summed E-state index contributed by atoms with van der Waals surface area (Å²) in [4.78, 5) is 27.6. The van der Waals surface area contributed by atoms with Crippen molar-refractivity contribution in [3.05, 3.63) is 0 Å². The van der Waals surface area contributed by atoms with Crippen molar-refractivity contribution in [1.29, 1.82) is 0 Å². The Morgan fingerprint density at radius 1 is 1.00 bits per heavy atom. The molecule has 5 nitrogen and oxygen atoms in total. The third-order valence-corrected chi connectivity index (χ3v) is 3.85. The van der Waals surface area contributed by atoms with Crippen LogP contribution in [0.15, 0.2) is 0 Å². The summed E-state index contributed by atoms with van der Waals surface area (Å²) in [5.74, 6) is -0.330. The lowest BCUT2D eigenvalue weighted by Crippen LogP contribution is -2.50. The number of carbonyl (C=O) groups excluding carboxylic acids is 2. The first-order valence-corrected chi connectivity index (χ1v) is 6.84. The fourth-order valence-electron chi connectivity index (χ4n) is 2.80. The van der Waals surface area contributed by atoms with Crippen LogP contribution in [0, 0.1) is 5.92 Å². The zero-order chi connectivity index (χ0) is 13.0. The molecule has 2 aliphatic rings. The smallest absolute Gasteiger partial charge is 0.320 e. The molecule has 5 heteroatoms. The maximum atomic E-state index is 12.3. The molecule has 2 fully saturated rings. The summed E-state index contributed by atoms with van der Waals surface area (Å²) in [5, 5.41) is 0. The Bertz CT molecular complexity index is 313. The molecule has 0 aromatic heterocycles. The number of amides is 2. The highest BCUT2D eigenvalue weighted by molar-refractivity contribution is 5.77. The largest absolute Gasteiger partial charge is 0.469 e. The lowest BCUT2D eigenvalue weighted by Gasteiger charge is -2.36. The minimum Gasteiger partial charge on any atom is -0.469 e. The molecule has 2 heterocycles. The molecule has 0 radical (unpaired) electrons. The standard InChI is InChI=1S/C13H22N2O3/c1-18-12(16)11-6-5-9-15(10-11)13(17)14-7-3-2-4-8-14/h11H,2-10H2,1H3. The summed E-state index contributed by atoms with van der Waals surface area (Å²) < 4.78 is 4.77. The van der Waals surface area contributed by atoms with E-state index in [-0.39, 0.29) is 17.9 Å². The van der Waals surface area contributed by atoms with Gasteiger partial charge in [-0.05, 0) is 32.1 Å². The fourth-order valence-corrected chi connectivity index (χ4v) is 2.80. The minimum atomic E-state index is -0.189. The van der Waals surface area contributed by atoms with Gasteiger partial charge in [0.2, 0.25) is 0 Å². The molecule has 2 aliphatic heterocycles. The Hall–Kier alpha value is -1.26. The highest BCUT2D eigenvalue weighted by Gasteiger charge is 2.31. The van der Waals surface area contributed by atoms with Gasteiger partial charge in [0.1, 0.15) is 0 Å². The number of nitrogens with zero attached hydrogens (tertiary/aromatic N) is 2. The van der Waals surface area contributed by atoms with Gasteiger partial charge >= 0.3 is 12.0 Å². The van der Waals surface area contributed by atoms with Crippen molar-refractivity contribution in [3.8, 4) is 0 Å². The van der Waals surface area contributed by atoms with E-state index in [0.717, 1.165) is 45.3 Å². The number of esters is 1. The van der Waals surface area contributed by atoms with Crippen LogP contribution in [-0.2, 0) is 9.53 Å². The van der Waals surface area contributed by atoms with Crippen LogP contribution in [0.3, 0.4) is 0 Å². The van der Waals surface area contributed by atoms with Gasteiger partial charge in [0.25, 0.3) is 0 Å². The van der Waals surface area contributed by atoms with E-state index in [2.05, 4.69) is 0 Å². The van der Waals surface area contributed by atoms with E-state index < -0.39 is 0 Å². The highest BCUT2D eigenvalue weighted by atomic mass is 16.5. The number of piperidine rings is 2. The monoisotopic (exact) mass is 254 g/mol. The predicted molar refractivity (Wildman–Crippen MR) is 67.1 cm³/mol. The Balaban J connectivity index is 1.91. The molecule has 1 unspecified atom stereocenters. The van der Waals surface area contributed by atoms with Crippen LogP contribution in [0.25, 0.3) is 0 Å². The summed E-state index contributed by atoms with van der Waals surface area (Å²) in [6.45, 7) is 3.00. The molecule has 0 aliphatic carbocycles. The van der Waals surface area contributed by atoms with Crippen LogP contribution < -0.4 is 0 Å². The van der Waals surface area contributed by atoms with Gasteiger partial charge in [0, 0.05) is 26.2 Å². The Morgan fingerprint density at radius 2 is 1.67 bits per heavy atom. The second kappa shape index (κ2) is 6.07. The quantitative estimate of drug-likeness (QED) is 0.666. The molecule has 18 heavy (non-hydrogen) atoms. The van der Waals surface area contributed by atoms with Gasteiger partial charge in [-0.3, -0.25) is 4.79 Å². The maximum Gasteiger partial charge on any atom is 0.320 e. The van der Waals surface area contributed by atoms with E-state index in [9.17, 15) is 9.59 Å². The molecule has 0 spiro atoms. The summed E-state index contributed by atoms with van der Waals surface area (Å²) in [7, 11) is 1.41. The zero-order valence-corrected chi connectivity index (χ0v) is 11.1. The Labute approximate surface area is 108 Å². The molecule has 2 amide bonds. The van der Waals surface area contributed by atoms with Gasteiger partial charge in [0.15, 0.2) is 0 Å². The van der Waals surface area contributed by atoms with Crippen molar-refractivity contribution < 1.29 is 14.3 Å². The number of carbonyl (C=O) groups is 2. The average Bonchev–Trinajstić information content (AvgIpc) is 2.46. The number of hydrogen-bond donors (Lipinski definition) is 0.